The van der Waals surface area contributed by atoms with E-state index in [0.29, 0.717) is 10.5 Å². The van der Waals surface area contributed by atoms with Gasteiger partial charge in [0.1, 0.15) is 5.75 Å². The Balaban J connectivity index is 1.42. The van der Waals surface area contributed by atoms with Crippen LogP contribution in [-0.4, -0.2) is 47.3 Å². The van der Waals surface area contributed by atoms with Gasteiger partial charge in [0.25, 0.3) is 5.91 Å². The highest BCUT2D eigenvalue weighted by Gasteiger charge is 2.28. The summed E-state index contributed by atoms with van der Waals surface area (Å²) >= 11 is 7.45. The number of aliphatic imine (C=N–C) groups is 1. The minimum atomic E-state index is -0.254. The lowest BCUT2D eigenvalue weighted by Crippen LogP contribution is -2.47. The van der Waals surface area contributed by atoms with Crippen molar-refractivity contribution in [2.75, 3.05) is 31.1 Å². The summed E-state index contributed by atoms with van der Waals surface area (Å²) < 4.78 is 0. The van der Waals surface area contributed by atoms with Gasteiger partial charge in [-0.15, -0.1) is 0 Å². The molecule has 2 aliphatic heterocycles. The van der Waals surface area contributed by atoms with Crippen molar-refractivity contribution in [3.63, 3.8) is 0 Å². The van der Waals surface area contributed by atoms with Gasteiger partial charge in [-0.2, -0.15) is 4.99 Å². The van der Waals surface area contributed by atoms with Gasteiger partial charge in [0, 0.05) is 42.5 Å². The zero-order chi connectivity index (χ0) is 18.8. The summed E-state index contributed by atoms with van der Waals surface area (Å²) in [5.41, 5.74) is 1.73. The number of benzene rings is 2. The van der Waals surface area contributed by atoms with E-state index in [9.17, 15) is 9.90 Å². The highest BCUT2D eigenvalue weighted by molar-refractivity contribution is 8.18. The van der Waals surface area contributed by atoms with Gasteiger partial charge in [-0.3, -0.25) is 4.79 Å². The van der Waals surface area contributed by atoms with Crippen molar-refractivity contribution in [2.24, 2.45) is 4.99 Å². The summed E-state index contributed by atoms with van der Waals surface area (Å²) in [5, 5.41) is 11.4. The van der Waals surface area contributed by atoms with Gasteiger partial charge in [0.2, 0.25) is 0 Å². The molecule has 0 aromatic heterocycles. The first kappa shape index (κ1) is 17.9. The molecule has 0 saturated carbocycles. The normalized spacial score (nSPS) is 18.9. The second-order valence-corrected chi connectivity index (χ2v) is 7.77. The fourth-order valence-corrected chi connectivity index (χ4v) is 4.25. The Hall–Kier alpha value is -2.44. The van der Waals surface area contributed by atoms with Crippen LogP contribution in [0, 0.1) is 0 Å². The van der Waals surface area contributed by atoms with E-state index < -0.39 is 0 Å². The van der Waals surface area contributed by atoms with Crippen molar-refractivity contribution >= 4 is 46.2 Å². The maximum absolute atomic E-state index is 12.3. The lowest BCUT2D eigenvalue weighted by molar-refractivity contribution is -0.113. The van der Waals surface area contributed by atoms with E-state index in [-0.39, 0.29) is 11.7 Å². The van der Waals surface area contributed by atoms with Gasteiger partial charge in [-0.25, -0.2) is 0 Å². The molecule has 2 heterocycles. The maximum atomic E-state index is 12.3. The Kier molecular flexibility index (Phi) is 5.09. The molecule has 2 aromatic carbocycles. The average molecular weight is 400 g/mol. The Morgan fingerprint density at radius 2 is 1.78 bits per heavy atom. The summed E-state index contributed by atoms with van der Waals surface area (Å²) in [6, 6.07) is 14.8. The SMILES string of the molecule is O=C1N=C(N2CCN(c3cccc(Cl)c3)CC2)S/C1=C/c1ccccc1O. The van der Waals surface area contributed by atoms with E-state index in [4.69, 9.17) is 11.6 Å². The number of nitrogens with zero attached hydrogens (tertiary/aromatic N) is 3. The smallest absolute Gasteiger partial charge is 0.286 e. The van der Waals surface area contributed by atoms with E-state index in [2.05, 4.69) is 20.9 Å². The third-order valence-electron chi connectivity index (χ3n) is 4.56. The summed E-state index contributed by atoms with van der Waals surface area (Å²) in [7, 11) is 0. The Morgan fingerprint density at radius 3 is 2.52 bits per heavy atom. The van der Waals surface area contributed by atoms with Crippen LogP contribution < -0.4 is 4.90 Å². The topological polar surface area (TPSA) is 56.1 Å². The van der Waals surface area contributed by atoms with Crippen molar-refractivity contribution in [1.29, 1.82) is 0 Å². The number of thioether (sulfide) groups is 1. The lowest BCUT2D eigenvalue weighted by atomic mass is 10.2. The molecule has 0 spiro atoms. The Labute approximate surface area is 167 Å². The van der Waals surface area contributed by atoms with E-state index in [1.807, 2.05) is 24.3 Å². The van der Waals surface area contributed by atoms with E-state index >= 15 is 0 Å². The van der Waals surface area contributed by atoms with E-state index in [0.717, 1.165) is 42.1 Å². The van der Waals surface area contributed by atoms with Gasteiger partial charge >= 0.3 is 0 Å². The van der Waals surface area contributed by atoms with Crippen LogP contribution in [0.15, 0.2) is 58.4 Å². The molecule has 0 bridgehead atoms. The Bertz CT molecular complexity index is 936. The van der Waals surface area contributed by atoms with Crippen LogP contribution in [0.25, 0.3) is 6.08 Å². The first-order chi connectivity index (χ1) is 13.1. The van der Waals surface area contributed by atoms with Crippen LogP contribution in [0.2, 0.25) is 5.02 Å². The van der Waals surface area contributed by atoms with Crippen molar-refractivity contribution in [1.82, 2.24) is 4.90 Å². The second-order valence-electron chi connectivity index (χ2n) is 6.32. The third-order valence-corrected chi connectivity index (χ3v) is 5.84. The number of hydrogen-bond acceptors (Lipinski definition) is 5. The second kappa shape index (κ2) is 7.66. The quantitative estimate of drug-likeness (QED) is 0.777. The fourth-order valence-electron chi connectivity index (χ4n) is 3.11. The van der Waals surface area contributed by atoms with Crippen LogP contribution in [-0.2, 0) is 4.79 Å². The van der Waals surface area contributed by atoms with Crippen LogP contribution in [0.5, 0.6) is 5.75 Å². The zero-order valence-corrected chi connectivity index (χ0v) is 16.1. The van der Waals surface area contributed by atoms with Crippen molar-refractivity contribution in [2.45, 2.75) is 0 Å². The number of para-hydroxylation sites is 1. The highest BCUT2D eigenvalue weighted by Crippen LogP contribution is 2.32. The van der Waals surface area contributed by atoms with Crippen molar-refractivity contribution in [3.05, 3.63) is 64.0 Å². The molecular weight excluding hydrogens is 382 g/mol. The van der Waals surface area contributed by atoms with Crippen LogP contribution in [0.4, 0.5) is 5.69 Å². The molecule has 0 unspecified atom stereocenters. The molecule has 0 radical (unpaired) electrons. The van der Waals surface area contributed by atoms with Crippen LogP contribution in [0.1, 0.15) is 5.56 Å². The number of anilines is 1. The summed E-state index contributed by atoms with van der Waals surface area (Å²) in [4.78, 5) is 21.4. The predicted molar refractivity (Wildman–Crippen MR) is 111 cm³/mol. The molecule has 138 valence electrons. The van der Waals surface area contributed by atoms with Gasteiger partial charge in [-0.05, 0) is 42.1 Å². The largest absolute Gasteiger partial charge is 0.507 e. The number of phenols is 1. The number of phenolic OH excluding ortho intramolecular Hbond substituents is 1. The molecule has 1 N–H and O–H groups in total. The molecule has 27 heavy (non-hydrogen) atoms. The number of amides is 1. The number of aromatic hydroxyl groups is 1. The fraction of sp³-hybridized carbons (Fsp3) is 0.200. The highest BCUT2D eigenvalue weighted by atomic mass is 35.5. The molecule has 1 fully saturated rings. The molecule has 1 amide bonds. The Morgan fingerprint density at radius 1 is 1.04 bits per heavy atom. The molecule has 4 rings (SSSR count). The van der Waals surface area contributed by atoms with E-state index in [1.54, 1.807) is 24.3 Å². The third kappa shape index (κ3) is 3.96. The van der Waals surface area contributed by atoms with Crippen LogP contribution >= 0.6 is 23.4 Å². The number of rotatable bonds is 2. The molecule has 0 atom stereocenters. The maximum Gasteiger partial charge on any atom is 0.286 e. The predicted octanol–water partition coefficient (Wildman–Crippen LogP) is 3.84. The van der Waals surface area contributed by atoms with Gasteiger partial charge < -0.3 is 14.9 Å². The molecule has 0 aliphatic carbocycles. The number of piperazine rings is 1. The van der Waals surface area contributed by atoms with Crippen LogP contribution in [0.3, 0.4) is 0 Å². The summed E-state index contributed by atoms with van der Waals surface area (Å²) in [6.07, 6.45) is 1.70. The molecule has 7 heteroatoms. The first-order valence-electron chi connectivity index (χ1n) is 8.66. The number of carbonyl (C=O) groups excluding carboxylic acids is 1. The molecule has 5 nitrogen and oxygen atoms in total. The zero-order valence-electron chi connectivity index (χ0n) is 14.5. The summed E-state index contributed by atoms with van der Waals surface area (Å²) in [5.74, 6) is -0.0995. The molecular formula is C20H18ClN3O2S. The minimum Gasteiger partial charge on any atom is -0.507 e. The van der Waals surface area contributed by atoms with Crippen molar-refractivity contribution < 1.29 is 9.90 Å². The van der Waals surface area contributed by atoms with Crippen molar-refractivity contribution in [3.8, 4) is 5.75 Å². The number of halogens is 1. The molecule has 2 aromatic rings. The van der Waals surface area contributed by atoms with E-state index in [1.165, 1.54) is 11.8 Å². The first-order valence-corrected chi connectivity index (χ1v) is 9.85. The standard InChI is InChI=1S/C20H18ClN3O2S/c21-15-5-3-6-16(13-15)23-8-10-24(11-9-23)20-22-19(26)18(27-20)12-14-4-1-2-7-17(14)25/h1-7,12-13,25H,8-11H2/b18-12+. The number of hydrogen-bond donors (Lipinski definition) is 1. The average Bonchev–Trinajstić information content (AvgIpc) is 3.04. The minimum absolute atomic E-state index is 0.155. The van der Waals surface area contributed by atoms with Gasteiger partial charge in [0.05, 0.1) is 4.91 Å². The van der Waals surface area contributed by atoms with Gasteiger partial charge in [-0.1, -0.05) is 35.9 Å². The lowest BCUT2D eigenvalue weighted by Gasteiger charge is -2.36. The molecule has 1 saturated heterocycles. The number of carbonyl (C=O) groups is 1. The van der Waals surface area contributed by atoms with Gasteiger partial charge in [0.15, 0.2) is 5.17 Å². The summed E-state index contributed by atoms with van der Waals surface area (Å²) in [6.45, 7) is 3.25. The monoisotopic (exact) mass is 399 g/mol. The number of amidine groups is 1. The molecule has 2 aliphatic rings.